The van der Waals surface area contributed by atoms with Gasteiger partial charge in [-0.3, -0.25) is 14.5 Å². The lowest BCUT2D eigenvalue weighted by atomic mass is 10.3. The number of aromatic nitrogens is 4. The topological polar surface area (TPSA) is 101 Å². The largest absolute Gasteiger partial charge is 0.508 e. The van der Waals surface area contributed by atoms with Crippen LogP contribution in [0.15, 0.2) is 29.4 Å². The third-order valence-corrected chi connectivity index (χ3v) is 4.14. The number of nitrogens with zero attached hydrogens (tertiary/aromatic N) is 5. The predicted octanol–water partition coefficient (Wildman–Crippen LogP) is 0.609. The molecule has 2 heterocycles. The van der Waals surface area contributed by atoms with Gasteiger partial charge in [-0.1, -0.05) is 11.8 Å². The van der Waals surface area contributed by atoms with Crippen molar-refractivity contribution < 1.29 is 14.7 Å². The number of tetrazole rings is 1. The third kappa shape index (κ3) is 2.93. The number of benzene rings is 1. The van der Waals surface area contributed by atoms with Crippen molar-refractivity contribution in [2.75, 3.05) is 12.3 Å². The number of likely N-dealkylation sites (tertiary alicyclic amines) is 1. The van der Waals surface area contributed by atoms with Gasteiger partial charge in [-0.05, 0) is 41.1 Å². The first-order valence-corrected chi connectivity index (χ1v) is 7.67. The van der Waals surface area contributed by atoms with Crippen LogP contribution in [0.4, 0.5) is 0 Å². The summed E-state index contributed by atoms with van der Waals surface area (Å²) in [5.41, 5.74) is 0.676. The zero-order valence-electron chi connectivity index (χ0n) is 11.5. The van der Waals surface area contributed by atoms with Crippen LogP contribution < -0.4 is 0 Å². The van der Waals surface area contributed by atoms with Gasteiger partial charge in [0.2, 0.25) is 17.0 Å². The van der Waals surface area contributed by atoms with Crippen LogP contribution in [0.3, 0.4) is 0 Å². The molecule has 0 radical (unpaired) electrons. The van der Waals surface area contributed by atoms with Crippen LogP contribution >= 0.6 is 11.8 Å². The maximum Gasteiger partial charge on any atom is 0.239 e. The normalized spacial score (nSPS) is 14.5. The molecule has 1 aromatic carbocycles. The number of thioether (sulfide) groups is 1. The quantitative estimate of drug-likeness (QED) is 0.824. The first kappa shape index (κ1) is 14.5. The summed E-state index contributed by atoms with van der Waals surface area (Å²) in [5, 5.41) is 21.1. The van der Waals surface area contributed by atoms with Crippen molar-refractivity contribution in [3.05, 3.63) is 24.3 Å². The first-order chi connectivity index (χ1) is 10.6. The first-order valence-electron chi connectivity index (χ1n) is 6.69. The molecule has 0 saturated carbocycles. The van der Waals surface area contributed by atoms with Gasteiger partial charge in [0.25, 0.3) is 0 Å². The van der Waals surface area contributed by atoms with E-state index in [1.807, 2.05) is 0 Å². The molecule has 1 N–H and O–H groups in total. The van der Waals surface area contributed by atoms with Gasteiger partial charge in [0.15, 0.2) is 0 Å². The number of phenols is 1. The molecule has 22 heavy (non-hydrogen) atoms. The predicted molar refractivity (Wildman–Crippen MR) is 77.5 cm³/mol. The number of carbonyl (C=O) groups excluding carboxylic acids is 2. The highest BCUT2D eigenvalue weighted by atomic mass is 32.2. The molecule has 1 aliphatic rings. The molecule has 3 rings (SSSR count). The standard InChI is InChI=1S/C13H13N5O3S/c19-10-5-3-9(4-6-10)18-13(14-15-16-18)22-8-12(21)17-7-1-2-11(17)20/h3-6,19H,1-2,7-8H2. The van der Waals surface area contributed by atoms with Crippen LogP contribution in [-0.4, -0.2) is 54.3 Å². The summed E-state index contributed by atoms with van der Waals surface area (Å²) in [5.74, 6) is -0.102. The Bertz CT molecular complexity index is 700. The minimum absolute atomic E-state index is 0.101. The number of phenolic OH excluding ortho intramolecular Hbond substituents is 1. The van der Waals surface area contributed by atoms with E-state index in [4.69, 9.17) is 0 Å². The molecule has 0 atom stereocenters. The molecule has 0 aliphatic carbocycles. The summed E-state index contributed by atoms with van der Waals surface area (Å²) in [4.78, 5) is 24.8. The summed E-state index contributed by atoms with van der Waals surface area (Å²) in [6, 6.07) is 6.39. The third-order valence-electron chi connectivity index (χ3n) is 3.23. The van der Waals surface area contributed by atoms with Crippen LogP contribution in [0.1, 0.15) is 12.8 Å². The van der Waals surface area contributed by atoms with Crippen LogP contribution in [0, 0.1) is 0 Å². The van der Waals surface area contributed by atoms with Crippen LogP contribution in [-0.2, 0) is 9.59 Å². The molecule has 1 aromatic heterocycles. The van der Waals surface area contributed by atoms with E-state index >= 15 is 0 Å². The number of amides is 2. The van der Waals surface area contributed by atoms with E-state index in [9.17, 15) is 14.7 Å². The maximum absolute atomic E-state index is 12.0. The average Bonchev–Trinajstić information content (AvgIpc) is 3.14. The van der Waals surface area contributed by atoms with E-state index in [-0.39, 0.29) is 23.3 Å². The Morgan fingerprint density at radius 2 is 2.09 bits per heavy atom. The zero-order chi connectivity index (χ0) is 15.5. The highest BCUT2D eigenvalue weighted by Crippen LogP contribution is 2.21. The van der Waals surface area contributed by atoms with E-state index < -0.39 is 0 Å². The van der Waals surface area contributed by atoms with Crippen molar-refractivity contribution in [2.45, 2.75) is 18.0 Å². The van der Waals surface area contributed by atoms with Gasteiger partial charge in [0.05, 0.1) is 11.4 Å². The van der Waals surface area contributed by atoms with Crippen molar-refractivity contribution in [2.24, 2.45) is 0 Å². The fourth-order valence-electron chi connectivity index (χ4n) is 2.14. The maximum atomic E-state index is 12.0. The molecule has 1 fully saturated rings. The SMILES string of the molecule is O=C1CCCN1C(=O)CSc1nnnn1-c1ccc(O)cc1. The minimum Gasteiger partial charge on any atom is -0.508 e. The summed E-state index contributed by atoms with van der Waals surface area (Å²) in [6.07, 6.45) is 1.15. The van der Waals surface area contributed by atoms with Crippen molar-refractivity contribution in [3.8, 4) is 11.4 Å². The Labute approximate surface area is 130 Å². The Kier molecular flexibility index (Phi) is 4.05. The van der Waals surface area contributed by atoms with Crippen LogP contribution in [0.5, 0.6) is 5.75 Å². The highest BCUT2D eigenvalue weighted by molar-refractivity contribution is 7.99. The van der Waals surface area contributed by atoms with Gasteiger partial charge < -0.3 is 5.11 Å². The zero-order valence-corrected chi connectivity index (χ0v) is 12.4. The molecule has 9 heteroatoms. The van der Waals surface area contributed by atoms with E-state index in [1.165, 1.54) is 33.5 Å². The molecular formula is C13H13N5O3S. The fraction of sp³-hybridized carbons (Fsp3) is 0.308. The summed E-state index contributed by atoms with van der Waals surface area (Å²) >= 11 is 1.17. The van der Waals surface area contributed by atoms with Crippen LogP contribution in [0.2, 0.25) is 0 Å². The number of aromatic hydroxyl groups is 1. The highest BCUT2D eigenvalue weighted by Gasteiger charge is 2.26. The Morgan fingerprint density at radius 3 is 2.77 bits per heavy atom. The molecule has 2 amide bonds. The fourth-order valence-corrected chi connectivity index (χ4v) is 2.91. The van der Waals surface area contributed by atoms with Crippen molar-refractivity contribution in [1.29, 1.82) is 0 Å². The van der Waals surface area contributed by atoms with E-state index in [2.05, 4.69) is 15.5 Å². The van der Waals surface area contributed by atoms with Gasteiger partial charge in [-0.25, -0.2) is 0 Å². The second-order valence-corrected chi connectivity index (χ2v) is 5.66. The molecule has 1 saturated heterocycles. The lowest BCUT2D eigenvalue weighted by Gasteiger charge is -2.12. The Morgan fingerprint density at radius 1 is 1.32 bits per heavy atom. The monoisotopic (exact) mass is 319 g/mol. The smallest absolute Gasteiger partial charge is 0.239 e. The second kappa shape index (κ2) is 6.14. The molecule has 114 valence electrons. The Balaban J connectivity index is 1.69. The lowest BCUT2D eigenvalue weighted by Crippen LogP contribution is -2.33. The van der Waals surface area contributed by atoms with Crippen molar-refractivity contribution in [3.63, 3.8) is 0 Å². The number of rotatable bonds is 4. The van der Waals surface area contributed by atoms with Crippen molar-refractivity contribution in [1.82, 2.24) is 25.1 Å². The lowest BCUT2D eigenvalue weighted by molar-refractivity contribution is -0.140. The van der Waals surface area contributed by atoms with Crippen molar-refractivity contribution >= 4 is 23.6 Å². The molecule has 0 unspecified atom stereocenters. The van der Waals surface area contributed by atoms with Gasteiger partial charge in [-0.2, -0.15) is 4.68 Å². The minimum atomic E-state index is -0.229. The average molecular weight is 319 g/mol. The second-order valence-electron chi connectivity index (χ2n) is 4.72. The molecule has 2 aromatic rings. The molecule has 0 bridgehead atoms. The molecule has 1 aliphatic heterocycles. The van der Waals surface area contributed by atoms with Gasteiger partial charge >= 0.3 is 0 Å². The van der Waals surface area contributed by atoms with E-state index in [0.29, 0.717) is 23.8 Å². The number of imide groups is 1. The molecule has 8 nitrogen and oxygen atoms in total. The van der Waals surface area contributed by atoms with E-state index in [0.717, 1.165) is 6.42 Å². The van der Waals surface area contributed by atoms with Gasteiger partial charge in [0.1, 0.15) is 5.75 Å². The van der Waals surface area contributed by atoms with Gasteiger partial charge in [0, 0.05) is 13.0 Å². The number of hydrogen-bond donors (Lipinski definition) is 1. The summed E-state index contributed by atoms with van der Waals surface area (Å²) < 4.78 is 1.48. The number of hydrogen-bond acceptors (Lipinski definition) is 7. The van der Waals surface area contributed by atoms with Crippen LogP contribution in [0.25, 0.3) is 5.69 Å². The molecular weight excluding hydrogens is 306 g/mol. The Hall–Kier alpha value is -2.42. The van der Waals surface area contributed by atoms with Gasteiger partial charge in [-0.15, -0.1) is 5.10 Å². The summed E-state index contributed by atoms with van der Waals surface area (Å²) in [6.45, 7) is 0.487. The molecule has 0 spiro atoms. The van der Waals surface area contributed by atoms with E-state index in [1.54, 1.807) is 12.1 Å². The summed E-state index contributed by atoms with van der Waals surface area (Å²) in [7, 11) is 0. The number of carbonyl (C=O) groups is 2.